The summed E-state index contributed by atoms with van der Waals surface area (Å²) in [5.74, 6) is 2.13. The number of anilines is 1. The number of aromatic nitrogens is 2. The number of carboxylic acids is 1. The number of hydrogen-bond acceptors (Lipinski definition) is 12. The summed E-state index contributed by atoms with van der Waals surface area (Å²) in [5.41, 5.74) is 7.73. The van der Waals surface area contributed by atoms with Gasteiger partial charge in [-0.15, -0.1) is 17.9 Å². The smallest absolute Gasteiger partial charge is 0.315 e. The summed E-state index contributed by atoms with van der Waals surface area (Å²) in [7, 11) is 2.34. The highest BCUT2D eigenvalue weighted by Gasteiger charge is 2.36. The number of urea groups is 1. The second-order valence-corrected chi connectivity index (χ2v) is 19.3. The molecule has 0 bridgehead atoms. The number of benzene rings is 1. The SMILES string of the molecule is C=CCCC(=O)O.C=O.CC.CC(C)(C)C(CN1CCCS1=O)NC(=O)NCC(=O)N1CCC[C@@]1(C)N.CC(C)C.COc1ccc2c(OC)cc(-c3csc(NC(C)C)n3)nc2c1. The van der Waals surface area contributed by atoms with Gasteiger partial charge < -0.3 is 46.0 Å². The van der Waals surface area contributed by atoms with E-state index in [0.29, 0.717) is 31.3 Å². The van der Waals surface area contributed by atoms with Gasteiger partial charge in [-0.25, -0.2) is 23.3 Å². The number of carbonyl (C=O) groups excluding carboxylic acids is 3. The lowest BCUT2D eigenvalue weighted by Gasteiger charge is -2.34. The van der Waals surface area contributed by atoms with Crippen LogP contribution in [0.2, 0.25) is 0 Å². The third kappa shape index (κ3) is 21.8. The molecule has 0 saturated carbocycles. The number of nitrogens with two attached hydrogens (primary N) is 1. The molecule has 0 aliphatic carbocycles. The van der Waals surface area contributed by atoms with Crippen molar-refractivity contribution >= 4 is 63.1 Å². The zero-order valence-corrected chi connectivity index (χ0v) is 42.3. The van der Waals surface area contributed by atoms with Gasteiger partial charge in [0.05, 0.1) is 48.6 Å². The van der Waals surface area contributed by atoms with Crippen LogP contribution in [-0.4, -0.2) is 117 Å². The number of hydrogen-bond donors (Lipinski definition) is 5. The van der Waals surface area contributed by atoms with E-state index in [1.165, 1.54) is 0 Å². The molecule has 2 saturated heterocycles. The number of aliphatic carboxylic acids is 1. The molecule has 0 radical (unpaired) electrons. The molecule has 3 amide bonds. The first kappa shape index (κ1) is 59.4. The molecule has 3 atom stereocenters. The minimum Gasteiger partial charge on any atom is -0.497 e. The van der Waals surface area contributed by atoms with E-state index in [0.717, 1.165) is 70.6 Å². The normalized spacial score (nSPS) is 17.0. The molecule has 2 fully saturated rings. The number of thiazole rings is 1. The molecule has 362 valence electrons. The summed E-state index contributed by atoms with van der Waals surface area (Å²) >= 11 is 1.57. The zero-order chi connectivity index (χ0) is 49.2. The predicted octanol–water partition coefficient (Wildman–Crippen LogP) is 8.10. The average molecular weight is 935 g/mol. The monoisotopic (exact) mass is 935 g/mol. The molecule has 3 aromatic rings. The number of rotatable bonds is 13. The van der Waals surface area contributed by atoms with Crippen molar-refractivity contribution in [1.82, 2.24) is 29.8 Å². The van der Waals surface area contributed by atoms with Crippen molar-refractivity contribution in [2.24, 2.45) is 17.1 Å². The van der Waals surface area contributed by atoms with Gasteiger partial charge in [-0.05, 0) is 69.9 Å². The Hall–Kier alpha value is -4.65. The first-order chi connectivity index (χ1) is 30.1. The fourth-order valence-corrected chi connectivity index (χ4v) is 8.03. The van der Waals surface area contributed by atoms with Gasteiger partial charge in [0, 0.05) is 66.8 Å². The number of nitrogens with one attached hydrogen (secondary N) is 3. The Morgan fingerprint density at radius 2 is 1.67 bits per heavy atom. The molecule has 64 heavy (non-hydrogen) atoms. The number of allylic oxidation sites excluding steroid dienone is 1. The first-order valence-corrected chi connectivity index (χ1v) is 23.9. The van der Waals surface area contributed by atoms with Crippen LogP contribution in [0.15, 0.2) is 42.3 Å². The fourth-order valence-electron chi connectivity index (χ4n) is 5.90. The summed E-state index contributed by atoms with van der Waals surface area (Å²) in [4.78, 5) is 53.3. The lowest BCUT2D eigenvalue weighted by molar-refractivity contribution is -0.137. The minimum atomic E-state index is -0.965. The summed E-state index contributed by atoms with van der Waals surface area (Å²) in [6.07, 6.45) is 4.92. The third-order valence-electron chi connectivity index (χ3n) is 9.07. The summed E-state index contributed by atoms with van der Waals surface area (Å²) < 4.78 is 24.7. The first-order valence-electron chi connectivity index (χ1n) is 21.8. The predicted molar refractivity (Wildman–Crippen MR) is 263 cm³/mol. The highest BCUT2D eigenvalue weighted by Crippen LogP contribution is 2.33. The molecule has 2 aromatic heterocycles. The van der Waals surface area contributed by atoms with Gasteiger partial charge in [-0.3, -0.25) is 9.59 Å². The van der Waals surface area contributed by atoms with Gasteiger partial charge in [-0.2, -0.15) is 0 Å². The van der Waals surface area contributed by atoms with Gasteiger partial charge in [0.2, 0.25) is 5.91 Å². The lowest BCUT2D eigenvalue weighted by atomic mass is 9.86. The van der Waals surface area contributed by atoms with Gasteiger partial charge in [-0.1, -0.05) is 61.5 Å². The third-order valence-corrected chi connectivity index (χ3v) is 11.4. The standard InChI is InChI=1S/C17H33N5O3S.C17H19N3O2S.C5H8O2.C4H10.C2H6.CH2O/c1-16(2,3)13(12-21-8-6-10-26(21)25)20-15(24)19-11-14(23)22-9-5-7-17(22,4)18;1-10(2)18-17-20-15(9-23-17)14-8-16(22-4)12-6-5-11(21-3)7-13(12)19-14;1-2-3-4-5(6)7;1-4(2)3;2*1-2/h13H,5-12,18H2,1-4H3,(H2,19,20,24);5-10H,1-4H3,(H,18,20);2H,1,3-4H2,(H,6,7);4H,1-3H3;1-2H3;1H2/t13?,17-,26?;;;;;/m0...../s1. The molecular formula is C46H78N8O8S2. The molecule has 2 unspecified atom stereocenters. The van der Waals surface area contributed by atoms with Gasteiger partial charge in [0.15, 0.2) is 5.13 Å². The van der Waals surface area contributed by atoms with E-state index in [-0.39, 0.29) is 36.4 Å². The maximum atomic E-state index is 12.3. The van der Waals surface area contributed by atoms with Gasteiger partial charge >= 0.3 is 12.0 Å². The Kier molecular flexibility index (Phi) is 28.3. The number of pyridine rings is 1. The number of carbonyl (C=O) groups is 4. The highest BCUT2D eigenvalue weighted by atomic mass is 32.2. The van der Waals surface area contributed by atoms with Gasteiger partial charge in [0.1, 0.15) is 24.0 Å². The molecule has 1 aromatic carbocycles. The lowest BCUT2D eigenvalue weighted by Crippen LogP contribution is -2.56. The van der Waals surface area contributed by atoms with Crippen LogP contribution < -0.4 is 31.2 Å². The number of carboxylic acid groups (broad SMARTS) is 1. The Labute approximate surface area is 389 Å². The van der Waals surface area contributed by atoms with Crippen LogP contribution in [-0.2, 0) is 25.4 Å². The number of ether oxygens (including phenoxy) is 2. The Balaban J connectivity index is 0.000000950. The van der Waals surface area contributed by atoms with Crippen molar-refractivity contribution < 1.29 is 38.0 Å². The molecule has 5 rings (SSSR count). The number of amides is 3. The van der Waals surface area contributed by atoms with Crippen LogP contribution in [0.3, 0.4) is 0 Å². The molecule has 18 heteroatoms. The Morgan fingerprint density at radius 3 is 2.14 bits per heavy atom. The topological polar surface area (TPSA) is 218 Å². The number of likely N-dealkylation sites (tertiary alicyclic amines) is 1. The number of nitrogens with zero attached hydrogens (tertiary/aromatic N) is 4. The molecule has 6 N–H and O–H groups in total. The van der Waals surface area contributed by atoms with Gasteiger partial charge in [0.25, 0.3) is 0 Å². The van der Waals surface area contributed by atoms with Crippen LogP contribution >= 0.6 is 11.3 Å². The van der Waals surface area contributed by atoms with Crippen molar-refractivity contribution in [3.63, 3.8) is 0 Å². The molecule has 16 nitrogen and oxygen atoms in total. The van der Waals surface area contributed by atoms with E-state index in [2.05, 4.69) is 62.1 Å². The zero-order valence-electron chi connectivity index (χ0n) is 40.7. The van der Waals surface area contributed by atoms with Crippen molar-refractivity contribution in [2.75, 3.05) is 51.5 Å². The quantitative estimate of drug-likeness (QED) is 0.103. The second-order valence-electron chi connectivity index (χ2n) is 16.9. The molecular weight excluding hydrogens is 857 g/mol. The van der Waals surface area contributed by atoms with Crippen LogP contribution in [0.5, 0.6) is 11.5 Å². The van der Waals surface area contributed by atoms with Crippen LogP contribution in [0.4, 0.5) is 9.93 Å². The molecule has 0 spiro atoms. The van der Waals surface area contributed by atoms with Crippen molar-refractivity contribution in [1.29, 1.82) is 0 Å². The van der Waals surface area contributed by atoms with Crippen LogP contribution in [0.1, 0.15) is 108 Å². The Bertz CT molecular complexity index is 1880. The number of fused-ring (bicyclic) bond motifs is 1. The second kappa shape index (κ2) is 30.5. The van der Waals surface area contributed by atoms with E-state index in [1.54, 1.807) is 36.5 Å². The maximum absolute atomic E-state index is 12.3. The molecule has 2 aliphatic rings. The molecule has 2 aliphatic heterocycles. The van der Waals surface area contributed by atoms with E-state index in [1.807, 2.05) is 82.3 Å². The van der Waals surface area contributed by atoms with Crippen molar-refractivity contribution in [3.05, 3.63) is 42.3 Å². The van der Waals surface area contributed by atoms with Crippen molar-refractivity contribution in [2.45, 2.75) is 126 Å². The van der Waals surface area contributed by atoms with Crippen LogP contribution in [0, 0.1) is 11.3 Å². The summed E-state index contributed by atoms with van der Waals surface area (Å²) in [6.45, 7) is 29.8. The number of methoxy groups -OCH3 is 2. The maximum Gasteiger partial charge on any atom is 0.315 e. The van der Waals surface area contributed by atoms with Crippen molar-refractivity contribution in [3.8, 4) is 22.9 Å². The highest BCUT2D eigenvalue weighted by molar-refractivity contribution is 7.82. The summed E-state index contributed by atoms with van der Waals surface area (Å²) in [6, 6.07) is 7.46. The van der Waals surface area contributed by atoms with E-state index >= 15 is 0 Å². The summed E-state index contributed by atoms with van der Waals surface area (Å²) in [5, 5.41) is 20.7. The molecule has 4 heterocycles. The van der Waals surface area contributed by atoms with E-state index in [9.17, 15) is 18.6 Å². The van der Waals surface area contributed by atoms with E-state index in [4.69, 9.17) is 30.1 Å². The van der Waals surface area contributed by atoms with E-state index < -0.39 is 22.6 Å². The minimum absolute atomic E-state index is 0.0782. The van der Waals surface area contributed by atoms with Crippen LogP contribution in [0.25, 0.3) is 22.3 Å². The largest absolute Gasteiger partial charge is 0.497 e. The fraction of sp³-hybridized carbons (Fsp3) is 0.609. The average Bonchev–Trinajstić information content (AvgIpc) is 3.98. The Morgan fingerprint density at radius 1 is 1.03 bits per heavy atom.